The van der Waals surface area contributed by atoms with Crippen LogP contribution in [0.2, 0.25) is 0 Å². The number of hydrogen-bond donors (Lipinski definition) is 2. The van der Waals surface area contributed by atoms with Crippen molar-refractivity contribution < 1.29 is 17.9 Å². The number of amides is 1. The summed E-state index contributed by atoms with van der Waals surface area (Å²) < 4.78 is 25.7. The molecule has 0 spiro atoms. The predicted octanol–water partition coefficient (Wildman–Crippen LogP) is 2.01. The normalized spacial score (nSPS) is 14.6. The van der Waals surface area contributed by atoms with E-state index in [4.69, 9.17) is 15.3 Å². The topological polar surface area (TPSA) is 132 Å². The van der Waals surface area contributed by atoms with Gasteiger partial charge in [0, 0.05) is 18.6 Å². The maximum Gasteiger partial charge on any atom is 0.266 e. The largest absolute Gasteiger partial charge is 0.476 e. The van der Waals surface area contributed by atoms with Crippen LogP contribution in [0.15, 0.2) is 42.5 Å². The number of hydrogen-bond acceptors (Lipinski definition) is 7. The molecule has 2 aromatic rings. The molecule has 0 aliphatic carbocycles. The molecule has 0 fully saturated rings. The first kappa shape index (κ1) is 23.9. The molecule has 0 radical (unpaired) electrons. The van der Waals surface area contributed by atoms with Gasteiger partial charge in [0.1, 0.15) is 15.9 Å². The average molecular weight is 441 g/mol. The summed E-state index contributed by atoms with van der Waals surface area (Å²) in [5.41, 5.74) is 2.67. The third kappa shape index (κ3) is 7.41. The zero-order valence-electron chi connectivity index (χ0n) is 17.4. The molecule has 1 amide bonds. The van der Waals surface area contributed by atoms with Gasteiger partial charge in [-0.25, -0.2) is 8.42 Å². The maximum absolute atomic E-state index is 12.1. The van der Waals surface area contributed by atoms with E-state index in [2.05, 4.69) is 22.8 Å². The van der Waals surface area contributed by atoms with Crippen LogP contribution in [-0.4, -0.2) is 45.5 Å². The van der Waals surface area contributed by atoms with Gasteiger partial charge in [0.05, 0.1) is 22.9 Å². The maximum atomic E-state index is 12.1. The molecule has 1 heterocycles. The molecule has 0 saturated heterocycles. The molecule has 0 saturated carbocycles. The third-order valence-corrected chi connectivity index (χ3v) is 5.52. The summed E-state index contributed by atoms with van der Waals surface area (Å²) in [5, 5.41) is 23.9. The van der Waals surface area contributed by atoms with E-state index in [1.807, 2.05) is 12.1 Å². The average Bonchev–Trinajstić information content (AvgIpc) is 2.76. The lowest BCUT2D eigenvalue weighted by atomic mass is 10.1. The van der Waals surface area contributed by atoms with Crippen LogP contribution in [0.1, 0.15) is 23.6 Å². The van der Waals surface area contributed by atoms with Crippen LogP contribution in [0.25, 0.3) is 0 Å². The number of ether oxygens (including phenoxy) is 1. The molecule has 0 bridgehead atoms. The molecule has 1 atom stereocenters. The Labute approximate surface area is 182 Å². The summed E-state index contributed by atoms with van der Waals surface area (Å²) in [6.07, 6.45) is 1.32. The van der Waals surface area contributed by atoms with Gasteiger partial charge in [-0.3, -0.25) is 4.79 Å². The second-order valence-electron chi connectivity index (χ2n) is 6.87. The van der Waals surface area contributed by atoms with Crippen molar-refractivity contribution in [1.82, 2.24) is 5.32 Å². The number of anilines is 1. The van der Waals surface area contributed by atoms with Crippen molar-refractivity contribution in [3.05, 3.63) is 59.2 Å². The van der Waals surface area contributed by atoms with Gasteiger partial charge in [0.25, 0.3) is 5.91 Å². The number of nitriles is 2. The highest BCUT2D eigenvalue weighted by Crippen LogP contribution is 2.32. The van der Waals surface area contributed by atoms with Gasteiger partial charge in [-0.1, -0.05) is 25.1 Å². The van der Waals surface area contributed by atoms with Crippen LogP contribution in [0.5, 0.6) is 5.75 Å². The molecule has 2 aromatic carbocycles. The Balaban J connectivity index is 0.000000501. The smallest absolute Gasteiger partial charge is 0.266 e. The van der Waals surface area contributed by atoms with Crippen molar-refractivity contribution in [2.75, 3.05) is 30.4 Å². The zero-order valence-corrected chi connectivity index (χ0v) is 18.2. The van der Waals surface area contributed by atoms with Gasteiger partial charge < -0.3 is 15.4 Å². The molecule has 3 rings (SSSR count). The van der Waals surface area contributed by atoms with Gasteiger partial charge in [-0.05, 0) is 42.8 Å². The lowest BCUT2D eigenvalue weighted by Gasteiger charge is -2.26. The molecule has 2 N–H and O–H groups in total. The minimum atomic E-state index is -2.66. The van der Waals surface area contributed by atoms with Crippen LogP contribution in [-0.2, 0) is 21.1 Å². The van der Waals surface area contributed by atoms with Crippen molar-refractivity contribution in [2.24, 2.45) is 0 Å². The van der Waals surface area contributed by atoms with E-state index < -0.39 is 15.9 Å². The van der Waals surface area contributed by atoms with Crippen LogP contribution >= 0.6 is 0 Å². The van der Waals surface area contributed by atoms with Gasteiger partial charge in [0.2, 0.25) is 0 Å². The van der Waals surface area contributed by atoms with Crippen LogP contribution < -0.4 is 15.4 Å². The second kappa shape index (κ2) is 11.1. The number of nitrogens with zero attached hydrogens (tertiary/aromatic N) is 2. The van der Waals surface area contributed by atoms with Crippen LogP contribution in [0.3, 0.4) is 0 Å². The van der Waals surface area contributed by atoms with E-state index in [1.165, 1.54) is 6.26 Å². The highest BCUT2D eigenvalue weighted by Gasteiger charge is 2.28. The van der Waals surface area contributed by atoms with E-state index in [0.29, 0.717) is 35.7 Å². The summed E-state index contributed by atoms with van der Waals surface area (Å²) in [7, 11) is -2.66. The summed E-state index contributed by atoms with van der Waals surface area (Å²) in [4.78, 5) is 12.1. The summed E-state index contributed by atoms with van der Waals surface area (Å²) in [5.74, 6) is 0.435. The number of nitrogens with one attached hydrogen (secondary N) is 2. The van der Waals surface area contributed by atoms with E-state index in [0.717, 1.165) is 12.0 Å². The van der Waals surface area contributed by atoms with Gasteiger partial charge in [0.15, 0.2) is 11.9 Å². The molecular weight excluding hydrogens is 416 g/mol. The Hall–Kier alpha value is -3.40. The van der Waals surface area contributed by atoms with E-state index >= 15 is 0 Å². The Kier molecular flexibility index (Phi) is 8.56. The Morgan fingerprint density at radius 3 is 2.39 bits per heavy atom. The standard InChI is InChI=1S/C19H16N4O2.C3H8O2S/c20-10-14-6-4-13(5-7-14)8-9-22-12-17-19(24)23-16-3-1-2-15(11-21)18(16)25-17;1-3-6(2,4)5/h1-7,17,22H,8-9,12H2,(H,23,24);3H2,1-2H3. The number of benzene rings is 2. The molecule has 0 aromatic heterocycles. The molecule has 1 unspecified atom stereocenters. The van der Waals surface area contributed by atoms with Crippen LogP contribution in [0.4, 0.5) is 5.69 Å². The molecule has 1 aliphatic rings. The number of sulfone groups is 1. The summed E-state index contributed by atoms with van der Waals surface area (Å²) in [6, 6.07) is 16.6. The molecule has 31 heavy (non-hydrogen) atoms. The Bertz CT molecular complexity index is 1100. The monoisotopic (exact) mass is 440 g/mol. The first-order valence-corrected chi connectivity index (χ1v) is 11.7. The molecule has 9 heteroatoms. The van der Waals surface area contributed by atoms with Crippen molar-refractivity contribution in [3.63, 3.8) is 0 Å². The minimum Gasteiger partial charge on any atom is -0.476 e. The summed E-state index contributed by atoms with van der Waals surface area (Å²) >= 11 is 0. The van der Waals surface area contributed by atoms with E-state index in [-0.39, 0.29) is 11.7 Å². The quantitative estimate of drug-likeness (QED) is 0.657. The predicted molar refractivity (Wildman–Crippen MR) is 117 cm³/mol. The highest BCUT2D eigenvalue weighted by molar-refractivity contribution is 7.90. The number of para-hydroxylation sites is 1. The van der Waals surface area contributed by atoms with E-state index in [9.17, 15) is 13.2 Å². The molecule has 8 nitrogen and oxygen atoms in total. The minimum absolute atomic E-state index is 0.228. The van der Waals surface area contributed by atoms with Gasteiger partial charge in [-0.15, -0.1) is 0 Å². The number of fused-ring (bicyclic) bond motifs is 1. The van der Waals surface area contributed by atoms with Gasteiger partial charge >= 0.3 is 0 Å². The van der Waals surface area contributed by atoms with Crippen molar-refractivity contribution in [1.29, 1.82) is 10.5 Å². The van der Waals surface area contributed by atoms with Crippen LogP contribution in [0, 0.1) is 22.7 Å². The number of rotatable bonds is 6. The lowest BCUT2D eigenvalue weighted by molar-refractivity contribution is -0.123. The lowest BCUT2D eigenvalue weighted by Crippen LogP contribution is -2.44. The van der Waals surface area contributed by atoms with E-state index in [1.54, 1.807) is 37.3 Å². The first-order chi connectivity index (χ1) is 14.8. The zero-order chi connectivity index (χ0) is 22.9. The van der Waals surface area contributed by atoms with Crippen molar-refractivity contribution in [3.8, 4) is 17.9 Å². The fraction of sp³-hybridized carbons (Fsp3) is 0.318. The molecule has 1 aliphatic heterocycles. The second-order valence-corrected chi connectivity index (χ2v) is 9.30. The third-order valence-electron chi connectivity index (χ3n) is 4.47. The first-order valence-electron chi connectivity index (χ1n) is 9.65. The van der Waals surface area contributed by atoms with Gasteiger partial charge in [-0.2, -0.15) is 10.5 Å². The summed E-state index contributed by atoms with van der Waals surface area (Å²) in [6.45, 7) is 2.64. The molecular formula is C22H24N4O4S. The van der Waals surface area contributed by atoms with Crippen molar-refractivity contribution in [2.45, 2.75) is 19.4 Å². The number of carbonyl (C=O) groups is 1. The SMILES string of the molecule is CCS(C)(=O)=O.N#Cc1ccc(CCNCC2Oc3c(C#N)cccc3NC2=O)cc1. The number of carbonyl (C=O) groups excluding carboxylic acids is 1. The highest BCUT2D eigenvalue weighted by atomic mass is 32.2. The molecule has 162 valence electrons. The Morgan fingerprint density at radius 1 is 1.13 bits per heavy atom. The Morgan fingerprint density at radius 2 is 1.81 bits per heavy atom. The fourth-order valence-electron chi connectivity index (χ4n) is 2.61. The van der Waals surface area contributed by atoms with Crippen molar-refractivity contribution >= 4 is 21.4 Å². The fourth-order valence-corrected chi connectivity index (χ4v) is 2.61.